The second-order valence-electron chi connectivity index (χ2n) is 2.75. The summed E-state index contributed by atoms with van der Waals surface area (Å²) in [6, 6.07) is 3.77. The highest BCUT2D eigenvalue weighted by Gasteiger charge is 2.06. The lowest BCUT2D eigenvalue weighted by atomic mass is 10.1. The molecule has 2 heteroatoms. The summed E-state index contributed by atoms with van der Waals surface area (Å²) < 4.78 is 5.07. The molecule has 66 valence electrons. The van der Waals surface area contributed by atoms with E-state index in [9.17, 15) is 5.11 Å². The van der Waals surface area contributed by atoms with Gasteiger partial charge in [-0.15, -0.1) is 0 Å². The maximum atomic E-state index is 9.63. The molecule has 1 aromatic carbocycles. The molecule has 1 N–H and O–H groups in total. The number of phenolic OH excluding ortho intramolecular Hbond substituents is 1. The van der Waals surface area contributed by atoms with Gasteiger partial charge in [0.25, 0.3) is 0 Å². The van der Waals surface area contributed by atoms with E-state index in [1.54, 1.807) is 7.11 Å². The molecule has 0 aliphatic rings. The first-order valence-corrected chi connectivity index (χ1v) is 4.06. The number of phenols is 1. The molecule has 0 heterocycles. The summed E-state index contributed by atoms with van der Waals surface area (Å²) in [5.74, 6) is 1.10. The van der Waals surface area contributed by atoms with Gasteiger partial charge in [0, 0.05) is 5.56 Å². The normalized spacial score (nSPS) is 9.92. The molecule has 0 radical (unpaired) electrons. The highest BCUT2D eigenvalue weighted by atomic mass is 16.5. The van der Waals surface area contributed by atoms with E-state index in [-0.39, 0.29) is 0 Å². The van der Waals surface area contributed by atoms with Crippen molar-refractivity contribution < 1.29 is 9.84 Å². The minimum atomic E-state index is 0.358. The van der Waals surface area contributed by atoms with Crippen LogP contribution in [0.4, 0.5) is 0 Å². The number of aryl methyl sites for hydroxylation is 1. The van der Waals surface area contributed by atoms with Crippen molar-refractivity contribution in [3.8, 4) is 11.5 Å². The highest BCUT2D eigenvalue weighted by Crippen LogP contribution is 2.30. The van der Waals surface area contributed by atoms with Gasteiger partial charge in [-0.25, -0.2) is 0 Å². The Kier molecular flexibility index (Phi) is 2.58. The third kappa shape index (κ3) is 1.37. The van der Waals surface area contributed by atoms with Crippen molar-refractivity contribution in [2.24, 2.45) is 0 Å². The first-order valence-electron chi connectivity index (χ1n) is 4.06. The molecule has 0 spiro atoms. The lowest BCUT2D eigenvalue weighted by molar-refractivity contribution is 0.401. The first kappa shape index (κ1) is 8.91. The zero-order chi connectivity index (χ0) is 9.14. The van der Waals surface area contributed by atoms with E-state index in [0.717, 1.165) is 23.3 Å². The van der Waals surface area contributed by atoms with Crippen molar-refractivity contribution in [1.82, 2.24) is 0 Å². The number of benzene rings is 1. The first-order chi connectivity index (χ1) is 5.70. The minimum absolute atomic E-state index is 0.358. The van der Waals surface area contributed by atoms with Crippen LogP contribution < -0.4 is 4.74 Å². The Morgan fingerprint density at radius 2 is 2.08 bits per heavy atom. The quantitative estimate of drug-likeness (QED) is 0.730. The van der Waals surface area contributed by atoms with Crippen molar-refractivity contribution in [3.63, 3.8) is 0 Å². The average molecular weight is 166 g/mol. The van der Waals surface area contributed by atoms with E-state index in [4.69, 9.17) is 4.74 Å². The predicted octanol–water partition coefficient (Wildman–Crippen LogP) is 2.27. The van der Waals surface area contributed by atoms with Crippen molar-refractivity contribution in [1.29, 1.82) is 0 Å². The lowest BCUT2D eigenvalue weighted by Gasteiger charge is -2.09. The SMILES string of the molecule is CCc1ccc(OC)c(C)c1O. The third-order valence-electron chi connectivity index (χ3n) is 2.07. The molecule has 1 aromatic rings. The summed E-state index contributed by atoms with van der Waals surface area (Å²) in [5.41, 5.74) is 1.78. The van der Waals surface area contributed by atoms with E-state index in [1.807, 2.05) is 26.0 Å². The molecule has 0 aliphatic heterocycles. The molecule has 0 fully saturated rings. The molecule has 0 amide bonds. The van der Waals surface area contributed by atoms with Gasteiger partial charge in [-0.3, -0.25) is 0 Å². The monoisotopic (exact) mass is 166 g/mol. The van der Waals surface area contributed by atoms with Crippen LogP contribution in [0.5, 0.6) is 11.5 Å². The summed E-state index contributed by atoms with van der Waals surface area (Å²) in [7, 11) is 1.60. The fraction of sp³-hybridized carbons (Fsp3) is 0.400. The summed E-state index contributed by atoms with van der Waals surface area (Å²) in [6.45, 7) is 3.87. The summed E-state index contributed by atoms with van der Waals surface area (Å²) >= 11 is 0. The number of rotatable bonds is 2. The molecule has 0 unspecified atom stereocenters. The second-order valence-corrected chi connectivity index (χ2v) is 2.75. The number of ether oxygens (including phenoxy) is 1. The molecular formula is C10H14O2. The van der Waals surface area contributed by atoms with Crippen LogP contribution in [0.15, 0.2) is 12.1 Å². The number of aromatic hydroxyl groups is 1. The van der Waals surface area contributed by atoms with Crippen LogP contribution in [0.25, 0.3) is 0 Å². The Labute approximate surface area is 72.8 Å². The Bertz CT molecular complexity index is 250. The maximum absolute atomic E-state index is 9.63. The van der Waals surface area contributed by atoms with Crippen molar-refractivity contribution in [2.45, 2.75) is 20.3 Å². The average Bonchev–Trinajstić information content (AvgIpc) is 2.10. The van der Waals surface area contributed by atoms with Crippen molar-refractivity contribution >= 4 is 0 Å². The molecule has 1 rings (SSSR count). The topological polar surface area (TPSA) is 29.5 Å². The van der Waals surface area contributed by atoms with Crippen LogP contribution in [0, 0.1) is 6.92 Å². The molecule has 0 aromatic heterocycles. The minimum Gasteiger partial charge on any atom is -0.507 e. The van der Waals surface area contributed by atoms with Gasteiger partial charge < -0.3 is 9.84 Å². The summed E-state index contributed by atoms with van der Waals surface area (Å²) in [6.07, 6.45) is 0.844. The van der Waals surface area contributed by atoms with Gasteiger partial charge in [0.05, 0.1) is 7.11 Å². The van der Waals surface area contributed by atoms with Gasteiger partial charge in [0.2, 0.25) is 0 Å². The van der Waals surface area contributed by atoms with Crippen LogP contribution in [-0.2, 0) is 6.42 Å². The van der Waals surface area contributed by atoms with Crippen LogP contribution >= 0.6 is 0 Å². The summed E-state index contributed by atoms with van der Waals surface area (Å²) in [4.78, 5) is 0. The van der Waals surface area contributed by atoms with Gasteiger partial charge in [0.15, 0.2) is 0 Å². The van der Waals surface area contributed by atoms with E-state index >= 15 is 0 Å². The van der Waals surface area contributed by atoms with Crippen LogP contribution in [0.1, 0.15) is 18.1 Å². The highest BCUT2D eigenvalue weighted by molar-refractivity contribution is 5.48. The van der Waals surface area contributed by atoms with E-state index in [1.165, 1.54) is 0 Å². The van der Waals surface area contributed by atoms with Gasteiger partial charge in [-0.05, 0) is 25.0 Å². The fourth-order valence-electron chi connectivity index (χ4n) is 1.24. The predicted molar refractivity (Wildman–Crippen MR) is 48.8 cm³/mol. The molecule has 0 aliphatic carbocycles. The fourth-order valence-corrected chi connectivity index (χ4v) is 1.24. The molecule has 0 saturated carbocycles. The molecule has 0 atom stereocenters. The van der Waals surface area contributed by atoms with Crippen molar-refractivity contribution in [2.75, 3.05) is 7.11 Å². The van der Waals surface area contributed by atoms with Crippen LogP contribution in [0.2, 0.25) is 0 Å². The molecule has 0 saturated heterocycles. The van der Waals surface area contributed by atoms with Crippen LogP contribution in [0.3, 0.4) is 0 Å². The van der Waals surface area contributed by atoms with E-state index < -0.39 is 0 Å². The zero-order valence-corrected chi connectivity index (χ0v) is 7.72. The van der Waals surface area contributed by atoms with Crippen LogP contribution in [-0.4, -0.2) is 12.2 Å². The largest absolute Gasteiger partial charge is 0.507 e. The van der Waals surface area contributed by atoms with Crippen molar-refractivity contribution in [3.05, 3.63) is 23.3 Å². The number of methoxy groups -OCH3 is 1. The Morgan fingerprint density at radius 1 is 1.42 bits per heavy atom. The van der Waals surface area contributed by atoms with Gasteiger partial charge in [0.1, 0.15) is 11.5 Å². The Hall–Kier alpha value is -1.18. The molecule has 0 bridgehead atoms. The maximum Gasteiger partial charge on any atom is 0.125 e. The third-order valence-corrected chi connectivity index (χ3v) is 2.07. The number of hydrogen-bond donors (Lipinski definition) is 1. The lowest BCUT2D eigenvalue weighted by Crippen LogP contribution is -1.90. The van der Waals surface area contributed by atoms with E-state index in [2.05, 4.69) is 0 Å². The Morgan fingerprint density at radius 3 is 2.58 bits per heavy atom. The number of hydrogen-bond acceptors (Lipinski definition) is 2. The smallest absolute Gasteiger partial charge is 0.125 e. The zero-order valence-electron chi connectivity index (χ0n) is 7.72. The Balaban J connectivity index is 3.20. The summed E-state index contributed by atoms with van der Waals surface area (Å²) in [5, 5.41) is 9.63. The van der Waals surface area contributed by atoms with Gasteiger partial charge in [-0.1, -0.05) is 13.0 Å². The second kappa shape index (κ2) is 3.48. The van der Waals surface area contributed by atoms with Gasteiger partial charge >= 0.3 is 0 Å². The molecule has 12 heavy (non-hydrogen) atoms. The standard InChI is InChI=1S/C10H14O2/c1-4-8-5-6-9(12-3)7(2)10(8)11/h5-6,11H,4H2,1-3H3. The molecular weight excluding hydrogens is 152 g/mol. The van der Waals surface area contributed by atoms with Gasteiger partial charge in [-0.2, -0.15) is 0 Å². The van der Waals surface area contributed by atoms with E-state index in [0.29, 0.717) is 5.75 Å². The molecule has 2 nitrogen and oxygen atoms in total.